The summed E-state index contributed by atoms with van der Waals surface area (Å²) in [7, 11) is 1.37. The molecule has 0 saturated heterocycles. The van der Waals surface area contributed by atoms with E-state index in [1.54, 1.807) is 16.9 Å². The molecule has 3 heterocycles. The minimum Gasteiger partial charge on any atom is -0.496 e. The summed E-state index contributed by atoms with van der Waals surface area (Å²) in [4.78, 5) is 8.68. The summed E-state index contributed by atoms with van der Waals surface area (Å²) < 4.78 is 34.5. The third-order valence-corrected chi connectivity index (χ3v) is 4.63. The van der Waals surface area contributed by atoms with E-state index in [1.165, 1.54) is 7.11 Å². The van der Waals surface area contributed by atoms with Gasteiger partial charge in [0, 0.05) is 47.3 Å². The number of halogens is 2. The standard InChI is InChI=1S/C20H18F2N6O/c1-11-15(8-23-12(2)26-11)14-4-5-19(28-10-25-27-20(14)28)24-9-16-17(22)6-13(21)7-18(16)29-3/h4-8,10,24H,9H2,1-3H3. The number of pyridine rings is 1. The van der Waals surface area contributed by atoms with Crippen molar-refractivity contribution in [3.8, 4) is 16.9 Å². The van der Waals surface area contributed by atoms with E-state index in [4.69, 9.17) is 4.74 Å². The lowest BCUT2D eigenvalue weighted by Gasteiger charge is -2.14. The quantitative estimate of drug-likeness (QED) is 0.554. The molecule has 148 valence electrons. The molecule has 0 saturated carbocycles. The number of nitrogens with zero attached hydrogens (tertiary/aromatic N) is 5. The lowest BCUT2D eigenvalue weighted by atomic mass is 10.1. The molecule has 3 aromatic heterocycles. The molecular formula is C20H18F2N6O. The molecule has 0 aliphatic heterocycles. The number of hydrogen-bond donors (Lipinski definition) is 1. The number of ether oxygens (including phenoxy) is 1. The molecule has 1 N–H and O–H groups in total. The van der Waals surface area contributed by atoms with Gasteiger partial charge < -0.3 is 10.1 Å². The third-order valence-electron chi connectivity index (χ3n) is 4.63. The second kappa shape index (κ2) is 7.42. The van der Waals surface area contributed by atoms with Gasteiger partial charge in [-0.25, -0.2) is 18.7 Å². The predicted octanol–water partition coefficient (Wildman–Crippen LogP) is 3.70. The topological polar surface area (TPSA) is 77.2 Å². The van der Waals surface area contributed by atoms with Gasteiger partial charge in [-0.2, -0.15) is 0 Å². The van der Waals surface area contributed by atoms with Crippen LogP contribution in [0, 0.1) is 25.5 Å². The molecule has 29 heavy (non-hydrogen) atoms. The number of fused-ring (bicyclic) bond motifs is 1. The molecule has 0 spiro atoms. The summed E-state index contributed by atoms with van der Waals surface area (Å²) in [5.74, 6) is 0.101. The van der Waals surface area contributed by atoms with Crippen molar-refractivity contribution in [2.45, 2.75) is 20.4 Å². The molecule has 7 nitrogen and oxygen atoms in total. The van der Waals surface area contributed by atoms with Crippen LogP contribution in [0.4, 0.5) is 14.6 Å². The van der Waals surface area contributed by atoms with Gasteiger partial charge >= 0.3 is 0 Å². The van der Waals surface area contributed by atoms with Gasteiger partial charge in [0.05, 0.1) is 7.11 Å². The van der Waals surface area contributed by atoms with Gasteiger partial charge in [-0.05, 0) is 26.0 Å². The van der Waals surface area contributed by atoms with E-state index in [-0.39, 0.29) is 17.9 Å². The van der Waals surface area contributed by atoms with Crippen molar-refractivity contribution in [2.24, 2.45) is 0 Å². The van der Waals surface area contributed by atoms with Crippen LogP contribution in [-0.2, 0) is 6.54 Å². The molecule has 0 aliphatic rings. The summed E-state index contributed by atoms with van der Waals surface area (Å²) in [5.41, 5.74) is 3.35. The monoisotopic (exact) mass is 396 g/mol. The van der Waals surface area contributed by atoms with E-state index in [0.717, 1.165) is 29.0 Å². The van der Waals surface area contributed by atoms with E-state index < -0.39 is 11.6 Å². The fourth-order valence-corrected chi connectivity index (χ4v) is 3.23. The first-order chi connectivity index (χ1) is 14.0. The van der Waals surface area contributed by atoms with Gasteiger partial charge in [0.15, 0.2) is 5.65 Å². The zero-order valence-electron chi connectivity index (χ0n) is 16.1. The highest BCUT2D eigenvalue weighted by atomic mass is 19.1. The number of nitrogens with one attached hydrogen (secondary N) is 1. The highest BCUT2D eigenvalue weighted by Gasteiger charge is 2.15. The van der Waals surface area contributed by atoms with Gasteiger partial charge in [0.2, 0.25) is 0 Å². The Kier molecular flexibility index (Phi) is 4.79. The van der Waals surface area contributed by atoms with Crippen molar-refractivity contribution >= 4 is 11.5 Å². The van der Waals surface area contributed by atoms with Crippen LogP contribution in [-0.4, -0.2) is 31.7 Å². The average Bonchev–Trinajstić information content (AvgIpc) is 3.17. The summed E-state index contributed by atoms with van der Waals surface area (Å²) in [6.45, 7) is 3.83. The molecule has 0 bridgehead atoms. The second-order valence-electron chi connectivity index (χ2n) is 6.50. The first-order valence-corrected chi connectivity index (χ1v) is 8.87. The number of benzene rings is 1. The number of methoxy groups -OCH3 is 1. The lowest BCUT2D eigenvalue weighted by molar-refractivity contribution is 0.400. The van der Waals surface area contributed by atoms with Crippen molar-refractivity contribution in [1.29, 1.82) is 0 Å². The van der Waals surface area contributed by atoms with Gasteiger partial charge in [0.25, 0.3) is 0 Å². The minimum absolute atomic E-state index is 0.0918. The van der Waals surface area contributed by atoms with E-state index in [9.17, 15) is 8.78 Å². The normalized spacial score (nSPS) is 11.1. The van der Waals surface area contributed by atoms with Crippen LogP contribution in [0.25, 0.3) is 16.8 Å². The molecule has 9 heteroatoms. The summed E-state index contributed by atoms with van der Waals surface area (Å²) in [6.07, 6.45) is 3.32. The number of rotatable bonds is 5. The Labute approximate surface area is 165 Å². The maximum atomic E-state index is 14.2. The third kappa shape index (κ3) is 3.46. The Bertz CT molecular complexity index is 1210. The van der Waals surface area contributed by atoms with Gasteiger partial charge in [-0.15, -0.1) is 10.2 Å². The summed E-state index contributed by atoms with van der Waals surface area (Å²) >= 11 is 0. The largest absolute Gasteiger partial charge is 0.496 e. The highest BCUT2D eigenvalue weighted by Crippen LogP contribution is 2.29. The van der Waals surface area contributed by atoms with Crippen LogP contribution in [0.15, 0.2) is 36.8 Å². The average molecular weight is 396 g/mol. The molecule has 0 atom stereocenters. The smallest absolute Gasteiger partial charge is 0.170 e. The van der Waals surface area contributed by atoms with Crippen molar-refractivity contribution < 1.29 is 13.5 Å². The fraction of sp³-hybridized carbons (Fsp3) is 0.200. The van der Waals surface area contributed by atoms with Crippen molar-refractivity contribution in [2.75, 3.05) is 12.4 Å². The molecule has 0 aliphatic carbocycles. The number of anilines is 1. The molecule has 0 fully saturated rings. The first-order valence-electron chi connectivity index (χ1n) is 8.87. The molecule has 4 aromatic rings. The molecule has 0 amide bonds. The zero-order chi connectivity index (χ0) is 20.5. The summed E-state index contributed by atoms with van der Waals surface area (Å²) in [6, 6.07) is 5.69. The van der Waals surface area contributed by atoms with Crippen molar-refractivity contribution in [1.82, 2.24) is 24.6 Å². The predicted molar refractivity (Wildman–Crippen MR) is 104 cm³/mol. The Balaban J connectivity index is 1.70. The SMILES string of the molecule is COc1cc(F)cc(F)c1CNc1ccc(-c2cnc(C)nc2C)c2nncn12. The minimum atomic E-state index is -0.690. The molecular weight excluding hydrogens is 378 g/mol. The Hall–Kier alpha value is -3.62. The van der Waals surface area contributed by atoms with E-state index in [2.05, 4.69) is 25.5 Å². The van der Waals surface area contributed by atoms with E-state index in [1.807, 2.05) is 26.0 Å². The second-order valence-corrected chi connectivity index (χ2v) is 6.50. The Morgan fingerprint density at radius 1 is 1.14 bits per heavy atom. The Morgan fingerprint density at radius 2 is 1.97 bits per heavy atom. The highest BCUT2D eigenvalue weighted by molar-refractivity contribution is 5.79. The van der Waals surface area contributed by atoms with Crippen LogP contribution >= 0.6 is 0 Å². The van der Waals surface area contributed by atoms with Gasteiger partial charge in [-0.1, -0.05) is 0 Å². The Morgan fingerprint density at radius 3 is 2.72 bits per heavy atom. The van der Waals surface area contributed by atoms with E-state index in [0.29, 0.717) is 17.3 Å². The van der Waals surface area contributed by atoms with Crippen LogP contribution in [0.3, 0.4) is 0 Å². The first kappa shape index (κ1) is 18.7. The maximum Gasteiger partial charge on any atom is 0.170 e. The van der Waals surface area contributed by atoms with Crippen molar-refractivity contribution in [3.63, 3.8) is 0 Å². The molecule has 0 radical (unpaired) electrons. The van der Waals surface area contributed by atoms with Gasteiger partial charge in [-0.3, -0.25) is 4.40 Å². The summed E-state index contributed by atoms with van der Waals surface area (Å²) in [5, 5.41) is 11.3. The number of hydrogen-bond acceptors (Lipinski definition) is 6. The van der Waals surface area contributed by atoms with E-state index >= 15 is 0 Å². The molecule has 1 aromatic carbocycles. The number of aromatic nitrogens is 5. The van der Waals surface area contributed by atoms with Crippen LogP contribution in [0.5, 0.6) is 5.75 Å². The number of aryl methyl sites for hydroxylation is 2. The molecule has 0 unspecified atom stereocenters. The van der Waals surface area contributed by atoms with Crippen LogP contribution < -0.4 is 10.1 Å². The van der Waals surface area contributed by atoms with Gasteiger partial charge in [0.1, 0.15) is 35.4 Å². The van der Waals surface area contributed by atoms with Crippen molar-refractivity contribution in [3.05, 3.63) is 65.5 Å². The zero-order valence-corrected chi connectivity index (χ0v) is 16.1. The fourth-order valence-electron chi connectivity index (χ4n) is 3.23. The molecule has 4 rings (SSSR count). The maximum absolute atomic E-state index is 14.2. The lowest BCUT2D eigenvalue weighted by Crippen LogP contribution is -2.08. The van der Waals surface area contributed by atoms with Crippen LogP contribution in [0.1, 0.15) is 17.1 Å². The van der Waals surface area contributed by atoms with Crippen LogP contribution in [0.2, 0.25) is 0 Å².